The van der Waals surface area contributed by atoms with E-state index < -0.39 is 0 Å². The number of para-hydroxylation sites is 2. The average molecular weight is 384 g/mol. The normalized spacial score (nSPS) is 14.2. The Balaban J connectivity index is 1.59. The van der Waals surface area contributed by atoms with Gasteiger partial charge in [0.25, 0.3) is 5.91 Å². The summed E-state index contributed by atoms with van der Waals surface area (Å²) < 4.78 is 5.41. The van der Waals surface area contributed by atoms with Crippen molar-refractivity contribution in [1.29, 1.82) is 0 Å². The second-order valence-electron chi connectivity index (χ2n) is 6.96. The third-order valence-corrected chi connectivity index (χ3v) is 4.49. The molecule has 28 heavy (non-hydrogen) atoms. The van der Waals surface area contributed by atoms with Crippen molar-refractivity contribution < 1.29 is 9.53 Å². The molecule has 1 saturated heterocycles. The van der Waals surface area contributed by atoms with Crippen molar-refractivity contribution in [3.63, 3.8) is 0 Å². The second kappa shape index (κ2) is 10.0. The lowest BCUT2D eigenvalue weighted by atomic mass is 10.2. The zero-order valence-corrected chi connectivity index (χ0v) is 16.5. The molecule has 0 saturated carbocycles. The van der Waals surface area contributed by atoms with Crippen LogP contribution >= 0.6 is 0 Å². The monoisotopic (exact) mass is 384 g/mol. The number of hydrogen-bond donors (Lipinski definition) is 2. The van der Waals surface area contributed by atoms with Crippen LogP contribution in [0.25, 0.3) is 0 Å². The number of ether oxygens (including phenoxy) is 1. The molecule has 8 heteroatoms. The second-order valence-corrected chi connectivity index (χ2v) is 6.96. The van der Waals surface area contributed by atoms with Crippen molar-refractivity contribution in [3.8, 4) is 0 Å². The molecular weight excluding hydrogens is 356 g/mol. The van der Waals surface area contributed by atoms with Gasteiger partial charge in [-0.25, -0.2) is 0 Å². The lowest BCUT2D eigenvalue weighted by molar-refractivity contribution is 0.102. The van der Waals surface area contributed by atoms with Crippen molar-refractivity contribution in [3.05, 3.63) is 42.1 Å². The van der Waals surface area contributed by atoms with Crippen LogP contribution in [-0.2, 0) is 4.74 Å². The van der Waals surface area contributed by atoms with Gasteiger partial charge in [-0.15, -0.1) is 10.2 Å². The van der Waals surface area contributed by atoms with Gasteiger partial charge in [0.15, 0.2) is 5.69 Å². The first-order valence-electron chi connectivity index (χ1n) is 9.59. The SMILES string of the molecule is CN(C)CCCNc1ccc(C(=O)Nc2ccccc2N2CCOCC2)nn1. The van der Waals surface area contributed by atoms with E-state index in [1.54, 1.807) is 12.1 Å². The van der Waals surface area contributed by atoms with Gasteiger partial charge in [-0.05, 0) is 51.3 Å². The molecule has 0 atom stereocenters. The van der Waals surface area contributed by atoms with Gasteiger partial charge in [-0.1, -0.05) is 12.1 Å². The first kappa shape index (κ1) is 20.0. The van der Waals surface area contributed by atoms with E-state index in [2.05, 4.69) is 30.6 Å². The predicted molar refractivity (Wildman–Crippen MR) is 111 cm³/mol. The number of morpholine rings is 1. The Labute approximate surface area is 165 Å². The summed E-state index contributed by atoms with van der Waals surface area (Å²) in [6.45, 7) is 4.81. The lowest BCUT2D eigenvalue weighted by Crippen LogP contribution is -2.36. The van der Waals surface area contributed by atoms with Crippen LogP contribution in [0.1, 0.15) is 16.9 Å². The van der Waals surface area contributed by atoms with Crippen LogP contribution in [0.5, 0.6) is 0 Å². The summed E-state index contributed by atoms with van der Waals surface area (Å²) in [6.07, 6.45) is 1.01. The van der Waals surface area contributed by atoms with Crippen LogP contribution in [-0.4, -0.2) is 74.5 Å². The van der Waals surface area contributed by atoms with Gasteiger partial charge in [-0.2, -0.15) is 0 Å². The van der Waals surface area contributed by atoms with Gasteiger partial charge >= 0.3 is 0 Å². The molecule has 8 nitrogen and oxygen atoms in total. The molecular formula is C20H28N6O2. The summed E-state index contributed by atoms with van der Waals surface area (Å²) in [4.78, 5) is 17.0. The summed E-state index contributed by atoms with van der Waals surface area (Å²) in [5.41, 5.74) is 2.05. The van der Waals surface area contributed by atoms with Crippen LogP contribution in [0.4, 0.5) is 17.2 Å². The van der Waals surface area contributed by atoms with E-state index in [0.29, 0.717) is 19.0 Å². The Kier molecular flexibility index (Phi) is 7.16. The van der Waals surface area contributed by atoms with Crippen molar-refractivity contribution in [2.75, 3.05) is 69.0 Å². The van der Waals surface area contributed by atoms with Gasteiger partial charge in [0.05, 0.1) is 24.6 Å². The maximum atomic E-state index is 12.6. The minimum Gasteiger partial charge on any atom is -0.378 e. The van der Waals surface area contributed by atoms with Crippen molar-refractivity contribution in [2.45, 2.75) is 6.42 Å². The number of hydrogen-bond acceptors (Lipinski definition) is 7. The highest BCUT2D eigenvalue weighted by Gasteiger charge is 2.17. The number of anilines is 3. The summed E-state index contributed by atoms with van der Waals surface area (Å²) in [5, 5.41) is 14.3. The number of aromatic nitrogens is 2. The zero-order chi connectivity index (χ0) is 19.8. The highest BCUT2D eigenvalue weighted by Crippen LogP contribution is 2.26. The molecule has 0 aliphatic carbocycles. The Morgan fingerprint density at radius 2 is 1.93 bits per heavy atom. The highest BCUT2D eigenvalue weighted by molar-refractivity contribution is 6.04. The Bertz CT molecular complexity index is 760. The topological polar surface area (TPSA) is 82.6 Å². The van der Waals surface area contributed by atoms with Crippen LogP contribution in [0, 0.1) is 0 Å². The number of nitrogens with zero attached hydrogens (tertiary/aromatic N) is 4. The molecule has 150 valence electrons. The fraction of sp³-hybridized carbons (Fsp3) is 0.450. The molecule has 0 spiro atoms. The summed E-state index contributed by atoms with van der Waals surface area (Å²) in [7, 11) is 4.09. The van der Waals surface area contributed by atoms with E-state index in [4.69, 9.17) is 4.74 Å². The van der Waals surface area contributed by atoms with Gasteiger partial charge in [0.2, 0.25) is 0 Å². The number of carbonyl (C=O) groups excluding carboxylic acids is 1. The average Bonchev–Trinajstić information content (AvgIpc) is 2.72. The van der Waals surface area contributed by atoms with E-state index >= 15 is 0 Å². The van der Waals surface area contributed by atoms with E-state index in [-0.39, 0.29) is 11.6 Å². The molecule has 1 fully saturated rings. The van der Waals surface area contributed by atoms with Crippen molar-refractivity contribution >= 4 is 23.1 Å². The molecule has 0 unspecified atom stereocenters. The number of carbonyl (C=O) groups is 1. The maximum Gasteiger partial charge on any atom is 0.276 e. The molecule has 1 aromatic carbocycles. The van der Waals surface area contributed by atoms with Gasteiger partial charge < -0.3 is 25.2 Å². The van der Waals surface area contributed by atoms with Crippen LogP contribution < -0.4 is 15.5 Å². The summed E-state index contributed by atoms with van der Waals surface area (Å²) >= 11 is 0. The standard InChI is InChI=1S/C20H28N6O2/c1-25(2)11-5-10-21-19-9-8-17(23-24-19)20(27)22-16-6-3-4-7-18(16)26-12-14-28-15-13-26/h3-4,6-9H,5,10-15H2,1-2H3,(H,21,24)(H,22,27). The van der Waals surface area contributed by atoms with Gasteiger partial charge in [-0.3, -0.25) is 4.79 Å². The van der Waals surface area contributed by atoms with Crippen LogP contribution in [0.2, 0.25) is 0 Å². The van der Waals surface area contributed by atoms with E-state index in [0.717, 1.165) is 44.0 Å². The zero-order valence-electron chi connectivity index (χ0n) is 16.5. The number of amides is 1. The predicted octanol–water partition coefficient (Wildman–Crippen LogP) is 1.93. The molecule has 0 bridgehead atoms. The van der Waals surface area contributed by atoms with Crippen molar-refractivity contribution in [1.82, 2.24) is 15.1 Å². The summed E-state index contributed by atoms with van der Waals surface area (Å²) in [6, 6.07) is 11.3. The Morgan fingerprint density at radius 1 is 1.14 bits per heavy atom. The third-order valence-electron chi connectivity index (χ3n) is 4.49. The molecule has 2 heterocycles. The fourth-order valence-corrected chi connectivity index (χ4v) is 3.01. The molecule has 1 aliphatic heterocycles. The van der Waals surface area contributed by atoms with E-state index in [9.17, 15) is 4.79 Å². The lowest BCUT2D eigenvalue weighted by Gasteiger charge is -2.30. The molecule has 3 rings (SSSR count). The number of rotatable bonds is 8. The van der Waals surface area contributed by atoms with Crippen LogP contribution in [0.3, 0.4) is 0 Å². The Hall–Kier alpha value is -2.71. The molecule has 1 aliphatic rings. The number of nitrogens with one attached hydrogen (secondary N) is 2. The highest BCUT2D eigenvalue weighted by atomic mass is 16.5. The molecule has 0 radical (unpaired) electrons. The van der Waals surface area contributed by atoms with Crippen LogP contribution in [0.15, 0.2) is 36.4 Å². The third kappa shape index (κ3) is 5.64. The van der Waals surface area contributed by atoms with E-state index in [1.165, 1.54) is 0 Å². The smallest absolute Gasteiger partial charge is 0.276 e. The number of benzene rings is 1. The minimum absolute atomic E-state index is 0.271. The van der Waals surface area contributed by atoms with E-state index in [1.807, 2.05) is 38.4 Å². The van der Waals surface area contributed by atoms with Crippen molar-refractivity contribution in [2.24, 2.45) is 0 Å². The molecule has 1 amide bonds. The molecule has 2 N–H and O–H groups in total. The minimum atomic E-state index is -0.271. The quantitative estimate of drug-likeness (QED) is 0.673. The molecule has 2 aromatic rings. The summed E-state index contributed by atoms with van der Waals surface area (Å²) in [5.74, 6) is 0.399. The largest absolute Gasteiger partial charge is 0.378 e. The Morgan fingerprint density at radius 3 is 2.64 bits per heavy atom. The van der Waals surface area contributed by atoms with Gasteiger partial charge in [0, 0.05) is 19.6 Å². The van der Waals surface area contributed by atoms with Gasteiger partial charge in [0.1, 0.15) is 5.82 Å². The maximum absolute atomic E-state index is 12.6. The first-order chi connectivity index (χ1) is 13.6. The first-order valence-corrected chi connectivity index (χ1v) is 9.59. The fourth-order valence-electron chi connectivity index (χ4n) is 3.01. The molecule has 1 aromatic heterocycles.